The van der Waals surface area contributed by atoms with Gasteiger partial charge >= 0.3 is 0 Å². The molecule has 0 saturated carbocycles. The fraction of sp³-hybridized carbons (Fsp3) is 0.800. The lowest BCUT2D eigenvalue weighted by molar-refractivity contribution is -0.118. The van der Waals surface area contributed by atoms with E-state index in [2.05, 4.69) is 5.32 Å². The van der Waals surface area contributed by atoms with E-state index in [-0.39, 0.29) is 11.7 Å². The summed E-state index contributed by atoms with van der Waals surface area (Å²) in [7, 11) is -2.43. The van der Waals surface area contributed by atoms with E-state index in [1.165, 1.54) is 13.2 Å². The molecule has 5 heteroatoms. The average Bonchev–Trinajstić information content (AvgIpc) is 1.59. The molecule has 4 nitrogen and oxygen atoms in total. The normalized spacial score (nSPS) is 12.8. The van der Waals surface area contributed by atoms with E-state index in [1.807, 2.05) is 0 Å². The third-order valence-electron chi connectivity index (χ3n) is 0.863. The van der Waals surface area contributed by atoms with Crippen LogP contribution in [0.4, 0.5) is 0 Å². The van der Waals surface area contributed by atoms with Gasteiger partial charge in [0.05, 0.1) is 5.75 Å². The zero-order valence-corrected chi connectivity index (χ0v) is 6.94. The van der Waals surface area contributed by atoms with Gasteiger partial charge in [-0.05, 0) is 0 Å². The molecule has 0 bridgehead atoms. The van der Waals surface area contributed by atoms with Crippen molar-refractivity contribution in [1.82, 2.24) is 5.32 Å². The number of hydrogen-bond donors (Lipinski definition) is 3. The second-order valence-electron chi connectivity index (χ2n) is 2.18. The molecule has 0 saturated heterocycles. The lowest BCUT2D eigenvalue weighted by Gasteiger charge is -2.26. The van der Waals surface area contributed by atoms with Crippen LogP contribution >= 0.6 is 10.6 Å². The Balaban J connectivity index is 3.29. The van der Waals surface area contributed by atoms with Crippen molar-refractivity contribution in [3.05, 3.63) is 0 Å². The molecule has 0 aliphatic carbocycles. The summed E-state index contributed by atoms with van der Waals surface area (Å²) < 4.78 is 17.6. The molecule has 0 aliphatic rings. The topological polar surface area (TPSA) is 69.6 Å². The molecule has 0 rings (SSSR count). The van der Waals surface area contributed by atoms with Crippen LogP contribution in [-0.4, -0.2) is 33.6 Å². The second-order valence-corrected chi connectivity index (χ2v) is 4.58. The second kappa shape index (κ2) is 3.80. The van der Waals surface area contributed by atoms with Crippen LogP contribution in [0.2, 0.25) is 0 Å². The van der Waals surface area contributed by atoms with Crippen LogP contribution in [0.25, 0.3) is 0 Å². The Morgan fingerprint density at radius 1 is 1.60 bits per heavy atom. The number of carbonyl (C=O) groups excluding carboxylic acids is 1. The van der Waals surface area contributed by atoms with Gasteiger partial charge < -0.3 is 5.32 Å². The molecule has 0 unspecified atom stereocenters. The fourth-order valence-corrected chi connectivity index (χ4v) is 0.909. The molecule has 0 radical (unpaired) electrons. The quantitative estimate of drug-likeness (QED) is 0.573. The molecule has 0 spiro atoms. The van der Waals surface area contributed by atoms with Crippen LogP contribution in [0.3, 0.4) is 0 Å². The zero-order valence-electron chi connectivity index (χ0n) is 6.13. The van der Waals surface area contributed by atoms with E-state index in [9.17, 15) is 4.79 Å². The first-order valence-corrected chi connectivity index (χ1v) is 4.99. The van der Waals surface area contributed by atoms with E-state index >= 15 is 0 Å². The largest absolute Gasteiger partial charge is 0.355 e. The molecular formula is C5H13NO3S. The van der Waals surface area contributed by atoms with Crippen LogP contribution in [-0.2, 0) is 4.79 Å². The summed E-state index contributed by atoms with van der Waals surface area (Å²) >= 11 is 0. The Kier molecular flexibility index (Phi) is 3.70. The van der Waals surface area contributed by atoms with Crippen molar-refractivity contribution in [1.29, 1.82) is 0 Å². The number of hydrogen-bond acceptors (Lipinski definition) is 3. The number of nitrogens with one attached hydrogen (secondary N) is 1. The van der Waals surface area contributed by atoms with Crippen LogP contribution in [0.15, 0.2) is 0 Å². The molecule has 0 aromatic rings. The highest BCUT2D eigenvalue weighted by atomic mass is 32.3. The maximum Gasteiger partial charge on any atom is 0.216 e. The van der Waals surface area contributed by atoms with Gasteiger partial charge in [0.25, 0.3) is 0 Å². The third-order valence-corrected chi connectivity index (χ3v) is 1.84. The minimum Gasteiger partial charge on any atom is -0.355 e. The van der Waals surface area contributed by atoms with Gasteiger partial charge in [0.2, 0.25) is 5.91 Å². The molecule has 0 aliphatic heterocycles. The van der Waals surface area contributed by atoms with E-state index < -0.39 is 10.6 Å². The molecule has 0 aromatic carbocycles. The van der Waals surface area contributed by atoms with Crippen molar-refractivity contribution in [2.24, 2.45) is 0 Å². The van der Waals surface area contributed by atoms with Crippen molar-refractivity contribution < 1.29 is 13.9 Å². The van der Waals surface area contributed by atoms with Crippen LogP contribution in [0.5, 0.6) is 0 Å². The Labute approximate surface area is 62.0 Å². The molecule has 0 atom stereocenters. The molecular weight excluding hydrogens is 154 g/mol. The first kappa shape index (κ1) is 9.74. The molecule has 3 N–H and O–H groups in total. The van der Waals surface area contributed by atoms with Gasteiger partial charge in [0, 0.05) is 19.7 Å². The predicted octanol–water partition coefficient (Wildman–Crippen LogP) is 0.503. The minimum absolute atomic E-state index is 0.149. The summed E-state index contributed by atoms with van der Waals surface area (Å²) in [4.78, 5) is 10.3. The van der Waals surface area contributed by atoms with E-state index in [0.29, 0.717) is 6.54 Å². The SMILES string of the molecule is CC(=O)NCCS(C)(O)O. The molecule has 10 heavy (non-hydrogen) atoms. The number of amides is 1. The highest BCUT2D eigenvalue weighted by Crippen LogP contribution is 2.31. The van der Waals surface area contributed by atoms with E-state index in [4.69, 9.17) is 9.11 Å². The van der Waals surface area contributed by atoms with E-state index in [1.54, 1.807) is 0 Å². The monoisotopic (exact) mass is 167 g/mol. The first-order chi connectivity index (χ1) is 4.42. The highest BCUT2D eigenvalue weighted by molar-refractivity contribution is 8.23. The van der Waals surface area contributed by atoms with Crippen LogP contribution < -0.4 is 5.32 Å². The van der Waals surface area contributed by atoms with Crippen molar-refractivity contribution in [3.8, 4) is 0 Å². The lowest BCUT2D eigenvalue weighted by atomic mass is 10.6. The number of rotatable bonds is 3. The Morgan fingerprint density at radius 2 is 2.10 bits per heavy atom. The minimum atomic E-state index is -2.43. The molecule has 62 valence electrons. The standard InChI is InChI=1S/C5H13NO3S/c1-5(7)6-3-4-10(2,8)9/h8-9H,3-4H2,1-2H3,(H,6,7). The third kappa shape index (κ3) is 7.74. The molecule has 1 amide bonds. The summed E-state index contributed by atoms with van der Waals surface area (Å²) in [6, 6.07) is 0. The summed E-state index contributed by atoms with van der Waals surface area (Å²) in [6.07, 6.45) is 1.36. The van der Waals surface area contributed by atoms with Crippen molar-refractivity contribution in [2.75, 3.05) is 18.6 Å². The lowest BCUT2D eigenvalue weighted by Crippen LogP contribution is -2.25. The van der Waals surface area contributed by atoms with Gasteiger partial charge in [-0.2, -0.15) is 10.6 Å². The van der Waals surface area contributed by atoms with Gasteiger partial charge in [0.15, 0.2) is 0 Å². The summed E-state index contributed by atoms with van der Waals surface area (Å²) in [5, 5.41) is 2.46. The Bertz CT molecular complexity index is 121. The van der Waals surface area contributed by atoms with Gasteiger partial charge in [-0.15, -0.1) is 0 Å². The maximum atomic E-state index is 10.3. The van der Waals surface area contributed by atoms with Crippen LogP contribution in [0.1, 0.15) is 6.92 Å². The Hall–Kier alpha value is -0.260. The van der Waals surface area contributed by atoms with E-state index in [0.717, 1.165) is 0 Å². The van der Waals surface area contributed by atoms with Crippen molar-refractivity contribution in [2.45, 2.75) is 6.92 Å². The zero-order chi connectivity index (χ0) is 8.20. The average molecular weight is 167 g/mol. The maximum absolute atomic E-state index is 10.3. The molecule has 0 fully saturated rings. The smallest absolute Gasteiger partial charge is 0.216 e. The van der Waals surface area contributed by atoms with Crippen molar-refractivity contribution >= 4 is 16.5 Å². The highest BCUT2D eigenvalue weighted by Gasteiger charge is 2.02. The molecule has 0 heterocycles. The number of carbonyl (C=O) groups is 1. The van der Waals surface area contributed by atoms with Gasteiger partial charge in [0.1, 0.15) is 0 Å². The summed E-state index contributed by atoms with van der Waals surface area (Å²) in [5.41, 5.74) is 0. The molecule has 0 aromatic heterocycles. The van der Waals surface area contributed by atoms with Crippen LogP contribution in [0, 0.1) is 0 Å². The first-order valence-electron chi connectivity index (χ1n) is 2.87. The fourth-order valence-electron chi connectivity index (χ4n) is 0.420. The summed E-state index contributed by atoms with van der Waals surface area (Å²) in [6.45, 7) is 1.72. The Morgan fingerprint density at radius 3 is 2.40 bits per heavy atom. The van der Waals surface area contributed by atoms with Gasteiger partial charge in [-0.25, -0.2) is 0 Å². The predicted molar refractivity (Wildman–Crippen MR) is 42.3 cm³/mol. The van der Waals surface area contributed by atoms with Gasteiger partial charge in [-0.1, -0.05) is 0 Å². The summed E-state index contributed by atoms with van der Waals surface area (Å²) in [5.74, 6) is 0.0794. The van der Waals surface area contributed by atoms with Gasteiger partial charge in [-0.3, -0.25) is 13.9 Å². The van der Waals surface area contributed by atoms with Crippen molar-refractivity contribution in [3.63, 3.8) is 0 Å².